The van der Waals surface area contributed by atoms with Gasteiger partial charge >= 0.3 is 0 Å². The first-order valence-electron chi connectivity index (χ1n) is 5.74. The van der Waals surface area contributed by atoms with Crippen LogP contribution in [0, 0.1) is 5.41 Å². The van der Waals surface area contributed by atoms with Crippen molar-refractivity contribution in [2.24, 2.45) is 5.41 Å². The molecule has 2 saturated carbocycles. The van der Waals surface area contributed by atoms with E-state index in [4.69, 9.17) is 0 Å². The first-order chi connectivity index (χ1) is 6.65. The van der Waals surface area contributed by atoms with E-state index < -0.39 is 5.60 Å². The summed E-state index contributed by atoms with van der Waals surface area (Å²) in [6.45, 7) is 5.64. The van der Waals surface area contributed by atoms with E-state index in [1.54, 1.807) is 0 Å². The molecule has 0 aromatic heterocycles. The Morgan fingerprint density at radius 2 is 1.79 bits per heavy atom. The minimum Gasteiger partial charge on any atom is -0.384 e. The van der Waals surface area contributed by atoms with Gasteiger partial charge in [0.25, 0.3) is 0 Å². The zero-order chi connectivity index (χ0) is 10.2. The van der Waals surface area contributed by atoms with Gasteiger partial charge in [-0.15, -0.1) is 5.73 Å². The second kappa shape index (κ2) is 3.25. The Morgan fingerprint density at radius 3 is 2.21 bits per heavy atom. The summed E-state index contributed by atoms with van der Waals surface area (Å²) in [7, 11) is 0. The monoisotopic (exact) mass is 192 g/mol. The molecule has 1 nitrogen and oxygen atoms in total. The molecular weight excluding hydrogens is 172 g/mol. The summed E-state index contributed by atoms with van der Waals surface area (Å²) in [4.78, 5) is 0. The van der Waals surface area contributed by atoms with Gasteiger partial charge in [-0.1, -0.05) is 25.8 Å². The van der Waals surface area contributed by atoms with Crippen molar-refractivity contribution in [2.45, 2.75) is 57.5 Å². The molecule has 0 saturated heterocycles. The van der Waals surface area contributed by atoms with Crippen LogP contribution < -0.4 is 0 Å². The zero-order valence-corrected chi connectivity index (χ0v) is 9.10. The van der Waals surface area contributed by atoms with Crippen molar-refractivity contribution in [1.82, 2.24) is 0 Å². The molecule has 1 spiro atoms. The molecule has 2 aliphatic carbocycles. The van der Waals surface area contributed by atoms with Crippen LogP contribution in [0.5, 0.6) is 0 Å². The largest absolute Gasteiger partial charge is 0.384 e. The fourth-order valence-corrected chi connectivity index (χ4v) is 3.34. The molecule has 0 aliphatic heterocycles. The average molecular weight is 192 g/mol. The Balaban J connectivity index is 2.25. The summed E-state index contributed by atoms with van der Waals surface area (Å²) >= 11 is 0. The van der Waals surface area contributed by atoms with Crippen LogP contribution in [0.1, 0.15) is 51.9 Å². The predicted octanol–water partition coefficient (Wildman–Crippen LogP) is 3.19. The van der Waals surface area contributed by atoms with Crippen LogP contribution in [-0.2, 0) is 0 Å². The van der Waals surface area contributed by atoms with Gasteiger partial charge in [-0.2, -0.15) is 0 Å². The van der Waals surface area contributed by atoms with E-state index in [9.17, 15) is 5.11 Å². The first kappa shape index (κ1) is 10.0. The highest BCUT2D eigenvalue weighted by Crippen LogP contribution is 2.60. The van der Waals surface area contributed by atoms with Crippen molar-refractivity contribution in [1.29, 1.82) is 0 Å². The lowest BCUT2D eigenvalue weighted by atomic mass is 9.49. The van der Waals surface area contributed by atoms with Crippen LogP contribution in [-0.4, -0.2) is 10.7 Å². The first-order valence-corrected chi connectivity index (χ1v) is 5.74. The predicted molar refractivity (Wildman–Crippen MR) is 58.0 cm³/mol. The van der Waals surface area contributed by atoms with Gasteiger partial charge in [-0.3, -0.25) is 0 Å². The molecule has 0 amide bonds. The highest BCUT2D eigenvalue weighted by Gasteiger charge is 2.58. The molecule has 1 atom stereocenters. The Hall–Kier alpha value is -0.520. The number of hydrogen-bond acceptors (Lipinski definition) is 1. The Bertz CT molecular complexity index is 280. The topological polar surface area (TPSA) is 20.2 Å². The van der Waals surface area contributed by atoms with Gasteiger partial charge in [-0.25, -0.2) is 0 Å². The normalized spacial score (nSPS) is 34.7. The van der Waals surface area contributed by atoms with E-state index in [1.165, 1.54) is 38.5 Å². The van der Waals surface area contributed by atoms with Crippen molar-refractivity contribution in [3.8, 4) is 0 Å². The Labute approximate surface area is 86.5 Å². The van der Waals surface area contributed by atoms with E-state index in [2.05, 4.69) is 12.3 Å². The molecule has 1 N–H and O–H groups in total. The van der Waals surface area contributed by atoms with Crippen LogP contribution >= 0.6 is 0 Å². The quantitative estimate of drug-likeness (QED) is 0.633. The smallest absolute Gasteiger partial charge is 0.0983 e. The number of hydrogen-bond donors (Lipinski definition) is 1. The average Bonchev–Trinajstić information content (AvgIpc) is 2.26. The molecule has 0 radical (unpaired) electrons. The maximum Gasteiger partial charge on any atom is 0.0983 e. The second-order valence-electron chi connectivity index (χ2n) is 5.00. The van der Waals surface area contributed by atoms with Crippen LogP contribution in [0.3, 0.4) is 0 Å². The third kappa shape index (κ3) is 1.12. The fraction of sp³-hybridized carbons (Fsp3) is 0.769. The molecular formula is C13H20O. The lowest BCUT2D eigenvalue weighted by molar-refractivity contribution is -0.156. The van der Waals surface area contributed by atoms with Crippen LogP contribution in [0.25, 0.3) is 0 Å². The lowest BCUT2D eigenvalue weighted by Gasteiger charge is -2.58. The molecule has 2 rings (SSSR count). The van der Waals surface area contributed by atoms with Crippen molar-refractivity contribution in [3.63, 3.8) is 0 Å². The van der Waals surface area contributed by atoms with Gasteiger partial charge in [-0.05, 0) is 38.2 Å². The van der Waals surface area contributed by atoms with Crippen LogP contribution in [0.2, 0.25) is 0 Å². The van der Waals surface area contributed by atoms with E-state index in [1.807, 2.05) is 6.92 Å². The van der Waals surface area contributed by atoms with Gasteiger partial charge in [0.05, 0.1) is 5.60 Å². The summed E-state index contributed by atoms with van der Waals surface area (Å²) < 4.78 is 0. The molecule has 2 aliphatic rings. The third-order valence-electron chi connectivity index (χ3n) is 4.54. The zero-order valence-electron chi connectivity index (χ0n) is 9.10. The summed E-state index contributed by atoms with van der Waals surface area (Å²) in [5.74, 6) is 0. The van der Waals surface area contributed by atoms with Gasteiger partial charge in [0, 0.05) is 5.41 Å². The third-order valence-corrected chi connectivity index (χ3v) is 4.54. The maximum absolute atomic E-state index is 10.6. The van der Waals surface area contributed by atoms with Gasteiger partial charge in [0.15, 0.2) is 0 Å². The number of aliphatic hydroxyl groups is 1. The van der Waals surface area contributed by atoms with Gasteiger partial charge in [0.2, 0.25) is 0 Å². The molecule has 0 heterocycles. The highest BCUT2D eigenvalue weighted by atomic mass is 16.3. The Morgan fingerprint density at radius 1 is 1.14 bits per heavy atom. The van der Waals surface area contributed by atoms with Crippen molar-refractivity contribution in [2.75, 3.05) is 0 Å². The molecule has 14 heavy (non-hydrogen) atoms. The Kier molecular flexibility index (Phi) is 2.33. The van der Waals surface area contributed by atoms with E-state index in [0.29, 0.717) is 0 Å². The van der Waals surface area contributed by atoms with E-state index in [-0.39, 0.29) is 5.41 Å². The summed E-state index contributed by atoms with van der Waals surface area (Å²) in [6.07, 6.45) is 8.42. The van der Waals surface area contributed by atoms with E-state index >= 15 is 0 Å². The van der Waals surface area contributed by atoms with Crippen molar-refractivity contribution >= 4 is 0 Å². The summed E-state index contributed by atoms with van der Waals surface area (Å²) in [5.41, 5.74) is 3.49. The molecule has 0 aromatic carbocycles. The van der Waals surface area contributed by atoms with E-state index in [0.717, 1.165) is 12.0 Å². The number of rotatable bonds is 1. The maximum atomic E-state index is 10.6. The standard InChI is InChI=1S/C13H20O/c1-3-11(2)13(14)10-9-12(13)7-5-4-6-8-12/h14H,1,4-10H2,2H3. The molecule has 78 valence electrons. The highest BCUT2D eigenvalue weighted by molar-refractivity contribution is 5.25. The molecule has 0 bridgehead atoms. The molecule has 1 unspecified atom stereocenters. The minimum absolute atomic E-state index is 0.194. The second-order valence-corrected chi connectivity index (χ2v) is 5.00. The van der Waals surface area contributed by atoms with Crippen LogP contribution in [0.4, 0.5) is 0 Å². The van der Waals surface area contributed by atoms with Crippen LogP contribution in [0.15, 0.2) is 17.9 Å². The molecule has 1 heteroatoms. The minimum atomic E-state index is -0.560. The van der Waals surface area contributed by atoms with Gasteiger partial charge in [0.1, 0.15) is 0 Å². The SMILES string of the molecule is C=C=C(C)C1(O)CCC12CCCCC2. The lowest BCUT2D eigenvalue weighted by Crippen LogP contribution is -2.58. The fourth-order valence-electron chi connectivity index (χ4n) is 3.34. The summed E-state index contributed by atoms with van der Waals surface area (Å²) in [6, 6.07) is 0. The van der Waals surface area contributed by atoms with Crippen molar-refractivity contribution < 1.29 is 5.11 Å². The molecule has 2 fully saturated rings. The van der Waals surface area contributed by atoms with Crippen molar-refractivity contribution in [3.05, 3.63) is 17.9 Å². The summed E-state index contributed by atoms with van der Waals surface area (Å²) in [5, 5.41) is 10.6. The molecule has 0 aromatic rings. The van der Waals surface area contributed by atoms with Gasteiger partial charge < -0.3 is 5.11 Å².